The molecule has 0 unspecified atom stereocenters. The second-order valence-corrected chi connectivity index (χ2v) is 14.5. The Morgan fingerprint density at radius 1 is 0.719 bits per heavy atom. The summed E-state index contributed by atoms with van der Waals surface area (Å²) in [4.78, 5) is 115. The number of nitrogens with one attached hydrogen (secondary N) is 5. The number of carbonyl (C=O) groups is 9. The van der Waals surface area contributed by atoms with Gasteiger partial charge in [0.2, 0.25) is 35.4 Å². The van der Waals surface area contributed by atoms with Crippen molar-refractivity contribution in [2.24, 2.45) is 11.7 Å². The van der Waals surface area contributed by atoms with E-state index in [1.807, 2.05) is 25.4 Å². The van der Waals surface area contributed by atoms with Crippen LogP contribution in [0.1, 0.15) is 44.2 Å². The highest BCUT2D eigenvalue weighted by atomic mass is 32.2. The Balaban J connectivity index is 2.36. The number of thioether (sulfide) groups is 1. The molecule has 310 valence electrons. The predicted molar refractivity (Wildman–Crippen MR) is 209 cm³/mol. The third kappa shape index (κ3) is 16.7. The van der Waals surface area contributed by atoms with Crippen molar-refractivity contribution >= 4 is 65.1 Å². The van der Waals surface area contributed by atoms with Gasteiger partial charge in [0.25, 0.3) is 0 Å². The summed E-state index contributed by atoms with van der Waals surface area (Å²) in [6.45, 7) is 3.06. The summed E-state index contributed by atoms with van der Waals surface area (Å²) in [5.74, 6) is -9.48. The summed E-state index contributed by atoms with van der Waals surface area (Å²) in [5.41, 5.74) is 6.66. The van der Waals surface area contributed by atoms with Gasteiger partial charge in [-0.2, -0.15) is 11.8 Å². The van der Waals surface area contributed by atoms with Gasteiger partial charge >= 0.3 is 17.8 Å². The van der Waals surface area contributed by atoms with Gasteiger partial charge in [-0.15, -0.1) is 0 Å². The zero-order valence-corrected chi connectivity index (χ0v) is 33.0. The van der Waals surface area contributed by atoms with Crippen molar-refractivity contribution in [1.29, 1.82) is 0 Å². The van der Waals surface area contributed by atoms with E-state index >= 15 is 0 Å². The van der Waals surface area contributed by atoms with Crippen LogP contribution in [0.15, 0.2) is 60.7 Å². The minimum absolute atomic E-state index is 0.0538. The number of nitrogens with zero attached hydrogens (tertiary/aromatic N) is 1. The molecule has 0 spiro atoms. The van der Waals surface area contributed by atoms with Crippen molar-refractivity contribution in [3.05, 3.63) is 71.8 Å². The fraction of sp³-hybridized carbons (Fsp3) is 0.447. The van der Waals surface area contributed by atoms with Crippen molar-refractivity contribution in [2.45, 2.75) is 76.2 Å². The highest BCUT2D eigenvalue weighted by Gasteiger charge is 2.35. The molecule has 7 amide bonds. The summed E-state index contributed by atoms with van der Waals surface area (Å²) >= 11 is 1.47. The fourth-order valence-electron chi connectivity index (χ4n) is 5.60. The van der Waals surface area contributed by atoms with Gasteiger partial charge in [-0.3, -0.25) is 38.4 Å². The van der Waals surface area contributed by atoms with E-state index in [0.29, 0.717) is 16.9 Å². The molecule has 57 heavy (non-hydrogen) atoms. The Morgan fingerprint density at radius 3 is 1.77 bits per heavy atom. The molecular weight excluding hydrogens is 763 g/mol. The lowest BCUT2D eigenvalue weighted by atomic mass is 10.0. The molecule has 19 heteroatoms. The van der Waals surface area contributed by atoms with Crippen molar-refractivity contribution in [3.8, 4) is 0 Å². The Kier molecular flexibility index (Phi) is 19.7. The first-order valence-corrected chi connectivity index (χ1v) is 19.4. The quantitative estimate of drug-likeness (QED) is 0.0641. The van der Waals surface area contributed by atoms with Gasteiger partial charge < -0.3 is 47.4 Å². The second-order valence-electron chi connectivity index (χ2n) is 13.5. The topological polar surface area (TPSA) is 283 Å². The Morgan fingerprint density at radius 2 is 1.26 bits per heavy atom. The molecule has 0 aliphatic carbocycles. The molecule has 0 aliphatic rings. The second kappa shape index (κ2) is 23.8. The maximum Gasteiger partial charge on any atom is 0.394 e. The van der Waals surface area contributed by atoms with Crippen LogP contribution in [0.25, 0.3) is 0 Å². The summed E-state index contributed by atoms with van der Waals surface area (Å²) < 4.78 is 0. The van der Waals surface area contributed by atoms with Crippen molar-refractivity contribution < 1.29 is 53.4 Å². The van der Waals surface area contributed by atoms with E-state index in [4.69, 9.17) is 10.8 Å². The third-order valence-electron chi connectivity index (χ3n) is 8.53. The SMILES string of the molecule is CSCC[C@H](NC(=O)[C@H](CC(C)C)NC(=O)CNC(=O)[C@H](Cc1ccccc1)N(C)C(=O)[C@H](Cc1ccccc1)NC(=O)[C@@H](CC(=O)O)NC(=O)C(=O)O)C(N)=O. The van der Waals surface area contributed by atoms with Crippen LogP contribution in [0.4, 0.5) is 0 Å². The summed E-state index contributed by atoms with van der Waals surface area (Å²) in [6, 6.07) is 10.4. The highest BCUT2D eigenvalue weighted by Crippen LogP contribution is 2.14. The number of carboxylic acid groups (broad SMARTS) is 2. The highest BCUT2D eigenvalue weighted by molar-refractivity contribution is 7.98. The minimum Gasteiger partial charge on any atom is -0.481 e. The molecule has 0 saturated heterocycles. The lowest BCUT2D eigenvalue weighted by Gasteiger charge is -2.32. The third-order valence-corrected chi connectivity index (χ3v) is 9.18. The average Bonchev–Trinajstić information content (AvgIpc) is 3.16. The van der Waals surface area contributed by atoms with E-state index in [2.05, 4.69) is 21.3 Å². The minimum atomic E-state index is -1.96. The molecule has 0 saturated carbocycles. The van der Waals surface area contributed by atoms with Crippen LogP contribution >= 0.6 is 11.8 Å². The smallest absolute Gasteiger partial charge is 0.394 e. The van der Waals surface area contributed by atoms with Gasteiger partial charge in [-0.25, -0.2) is 4.79 Å². The van der Waals surface area contributed by atoms with Crippen molar-refractivity contribution in [2.75, 3.05) is 25.6 Å². The molecule has 0 bridgehead atoms. The van der Waals surface area contributed by atoms with E-state index in [9.17, 15) is 48.3 Å². The van der Waals surface area contributed by atoms with Crippen LogP contribution in [0.5, 0.6) is 0 Å². The lowest BCUT2D eigenvalue weighted by molar-refractivity contribution is -0.151. The number of carbonyl (C=O) groups excluding carboxylic acids is 7. The Labute approximate surface area is 334 Å². The maximum atomic E-state index is 14.2. The Hall–Kier alpha value is -5.98. The van der Waals surface area contributed by atoms with E-state index in [-0.39, 0.29) is 31.6 Å². The number of amides is 7. The van der Waals surface area contributed by atoms with Gasteiger partial charge in [0, 0.05) is 19.9 Å². The zero-order valence-electron chi connectivity index (χ0n) is 32.2. The van der Waals surface area contributed by atoms with Gasteiger partial charge in [0.1, 0.15) is 30.2 Å². The number of carboxylic acids is 2. The monoisotopic (exact) mass is 813 g/mol. The number of rotatable bonds is 23. The summed E-state index contributed by atoms with van der Waals surface area (Å²) in [5, 5.41) is 30.3. The number of primary amides is 1. The zero-order chi connectivity index (χ0) is 42.7. The molecule has 9 N–H and O–H groups in total. The van der Waals surface area contributed by atoms with Crippen LogP contribution in [0.2, 0.25) is 0 Å². The number of benzene rings is 2. The van der Waals surface area contributed by atoms with Crippen LogP contribution in [0.3, 0.4) is 0 Å². The van der Waals surface area contributed by atoms with Gasteiger partial charge in [-0.05, 0) is 41.9 Å². The first-order valence-electron chi connectivity index (χ1n) is 18.0. The van der Waals surface area contributed by atoms with Crippen LogP contribution in [-0.4, -0.2) is 124 Å². The van der Waals surface area contributed by atoms with Gasteiger partial charge in [0.15, 0.2) is 0 Å². The molecule has 0 aromatic heterocycles. The molecule has 2 rings (SSSR count). The first-order chi connectivity index (χ1) is 26.9. The molecule has 0 aliphatic heterocycles. The van der Waals surface area contributed by atoms with Crippen molar-refractivity contribution in [3.63, 3.8) is 0 Å². The van der Waals surface area contributed by atoms with Crippen LogP contribution in [-0.2, 0) is 56.0 Å². The fourth-order valence-corrected chi connectivity index (χ4v) is 6.07. The summed E-state index contributed by atoms with van der Waals surface area (Å²) in [7, 11) is 1.30. The number of hydrogen-bond donors (Lipinski definition) is 8. The molecule has 0 radical (unpaired) electrons. The van der Waals surface area contributed by atoms with Crippen molar-refractivity contribution in [1.82, 2.24) is 31.5 Å². The normalized spacial score (nSPS) is 13.4. The van der Waals surface area contributed by atoms with Gasteiger partial charge in [-0.1, -0.05) is 74.5 Å². The maximum absolute atomic E-state index is 14.2. The molecule has 0 fully saturated rings. The van der Waals surface area contributed by atoms with E-state index in [1.54, 1.807) is 60.7 Å². The molecule has 18 nitrogen and oxygen atoms in total. The largest absolute Gasteiger partial charge is 0.481 e. The van der Waals surface area contributed by atoms with E-state index in [1.165, 1.54) is 18.8 Å². The van der Waals surface area contributed by atoms with E-state index < -0.39 is 96.5 Å². The number of likely N-dealkylation sites (N-methyl/N-ethyl adjacent to an activating group) is 1. The first kappa shape index (κ1) is 47.2. The number of hydrogen-bond acceptors (Lipinski definition) is 10. The standard InChI is InChI=1S/C38H51N7O11S/c1-22(2)17-26(33(50)42-25(32(39)49)15-16-57-4)41-30(46)21-40-35(52)29(19-24-13-9-6-10-14-24)45(3)37(54)28(18-23-11-7-5-8-12-23)44-34(51)27(20-31(47)48)43-36(53)38(55)56/h5-14,22,25-29H,15-21H2,1-4H3,(H2,39,49)(H,40,52)(H,41,46)(H,42,50)(H,43,53)(H,44,51)(H,47,48)(H,55,56)/t25-,26-,27+,28-,29-/m0/s1. The lowest BCUT2D eigenvalue weighted by Crippen LogP contribution is -2.59. The molecule has 2 aromatic rings. The predicted octanol–water partition coefficient (Wildman–Crippen LogP) is -0.802. The molecule has 2 aromatic carbocycles. The summed E-state index contributed by atoms with van der Waals surface area (Å²) in [6.07, 6.45) is 1.12. The molecule has 5 atom stereocenters. The Bertz CT molecular complexity index is 1730. The van der Waals surface area contributed by atoms with Crippen LogP contribution < -0.4 is 32.3 Å². The number of aliphatic carboxylic acids is 2. The van der Waals surface area contributed by atoms with E-state index in [0.717, 1.165) is 4.90 Å². The average molecular weight is 814 g/mol. The van der Waals surface area contributed by atoms with Crippen LogP contribution in [0, 0.1) is 5.92 Å². The molecule has 0 heterocycles. The van der Waals surface area contributed by atoms with Gasteiger partial charge in [0.05, 0.1) is 13.0 Å². The molecular formula is C38H51N7O11S. The number of nitrogens with two attached hydrogens (primary N) is 1.